The summed E-state index contributed by atoms with van der Waals surface area (Å²) in [5.74, 6) is 1.59. The average Bonchev–Trinajstić information content (AvgIpc) is 3.54. The van der Waals surface area contributed by atoms with E-state index >= 15 is 0 Å². The van der Waals surface area contributed by atoms with E-state index in [4.69, 9.17) is 10.8 Å². The summed E-state index contributed by atoms with van der Waals surface area (Å²) >= 11 is 0. The number of piperidine rings is 1. The Morgan fingerprint density at radius 1 is 0.976 bits per heavy atom. The second-order valence-electron chi connectivity index (χ2n) is 12.1. The molecular formula is C33H34N8O. The summed E-state index contributed by atoms with van der Waals surface area (Å²) < 4.78 is 6.33. The summed E-state index contributed by atoms with van der Waals surface area (Å²) in [5.41, 5.74) is 15.3. The van der Waals surface area contributed by atoms with E-state index in [1.807, 2.05) is 45.3 Å². The highest BCUT2D eigenvalue weighted by molar-refractivity contribution is 5.95. The maximum atomic E-state index is 13.3. The molecule has 1 unspecified atom stereocenters. The van der Waals surface area contributed by atoms with Gasteiger partial charge in [0.05, 0.1) is 16.8 Å². The molecule has 2 fully saturated rings. The number of benzene rings is 1. The molecule has 1 saturated heterocycles. The predicted octanol–water partition coefficient (Wildman–Crippen LogP) is 5.26. The quantitative estimate of drug-likeness (QED) is 0.311. The van der Waals surface area contributed by atoms with Crippen LogP contribution in [-0.2, 0) is 6.54 Å². The third-order valence-electron chi connectivity index (χ3n) is 9.07. The van der Waals surface area contributed by atoms with Gasteiger partial charge in [-0.05, 0) is 93.0 Å². The van der Waals surface area contributed by atoms with Gasteiger partial charge in [0.25, 0.3) is 5.91 Å². The first-order chi connectivity index (χ1) is 20.4. The van der Waals surface area contributed by atoms with Crippen molar-refractivity contribution in [3.63, 3.8) is 0 Å². The Hall–Kier alpha value is -4.50. The Morgan fingerprint density at radius 2 is 1.83 bits per heavy atom. The van der Waals surface area contributed by atoms with Crippen molar-refractivity contribution >= 4 is 28.0 Å². The van der Waals surface area contributed by atoms with Crippen LogP contribution in [0.25, 0.3) is 44.6 Å². The third-order valence-corrected chi connectivity index (χ3v) is 9.07. The lowest BCUT2D eigenvalue weighted by atomic mass is 10.1. The predicted molar refractivity (Wildman–Crippen MR) is 163 cm³/mol. The van der Waals surface area contributed by atoms with Crippen molar-refractivity contribution in [3.8, 4) is 22.5 Å². The van der Waals surface area contributed by atoms with Crippen LogP contribution >= 0.6 is 0 Å². The molecule has 6 aromatic rings. The molecule has 1 saturated carbocycles. The lowest BCUT2D eigenvalue weighted by Crippen LogP contribution is -2.45. The number of carbonyl (C=O) groups excluding carboxylic acids is 1. The van der Waals surface area contributed by atoms with E-state index in [0.29, 0.717) is 18.0 Å². The largest absolute Gasteiger partial charge is 0.339 e. The first-order valence-electron chi connectivity index (χ1n) is 14.9. The molecule has 2 N–H and O–H groups in total. The summed E-state index contributed by atoms with van der Waals surface area (Å²) in [4.78, 5) is 15.2. The molecular weight excluding hydrogens is 524 g/mol. The molecule has 1 aliphatic carbocycles. The molecule has 212 valence electrons. The number of hydrogen-bond donors (Lipinski definition) is 1. The number of hydrogen-bond acceptors (Lipinski definition) is 5. The molecule has 2 aliphatic rings. The Balaban J connectivity index is 1.21. The van der Waals surface area contributed by atoms with Crippen LogP contribution in [0.5, 0.6) is 0 Å². The molecule has 1 aliphatic heterocycles. The van der Waals surface area contributed by atoms with Gasteiger partial charge < -0.3 is 15.2 Å². The van der Waals surface area contributed by atoms with Crippen LogP contribution in [0.4, 0.5) is 0 Å². The van der Waals surface area contributed by atoms with E-state index in [1.54, 1.807) is 0 Å². The Labute approximate surface area is 243 Å². The van der Waals surface area contributed by atoms with Gasteiger partial charge in [0.15, 0.2) is 5.65 Å². The fraction of sp³-hybridized carbons (Fsp3) is 0.333. The van der Waals surface area contributed by atoms with Gasteiger partial charge in [-0.1, -0.05) is 12.1 Å². The average molecular weight is 559 g/mol. The van der Waals surface area contributed by atoms with Gasteiger partial charge in [0, 0.05) is 54.5 Å². The number of aromatic nitrogens is 6. The topological polar surface area (TPSA) is 98.8 Å². The van der Waals surface area contributed by atoms with Gasteiger partial charge in [0.2, 0.25) is 0 Å². The first kappa shape index (κ1) is 25.2. The van der Waals surface area contributed by atoms with Gasteiger partial charge in [-0.3, -0.25) is 9.20 Å². The Morgan fingerprint density at radius 3 is 2.67 bits per heavy atom. The number of nitrogens with zero attached hydrogens (tertiary/aromatic N) is 7. The minimum atomic E-state index is 0.0246. The van der Waals surface area contributed by atoms with Crippen LogP contribution in [0.2, 0.25) is 0 Å². The van der Waals surface area contributed by atoms with E-state index in [9.17, 15) is 4.79 Å². The van der Waals surface area contributed by atoms with Crippen LogP contribution in [-0.4, -0.2) is 58.7 Å². The van der Waals surface area contributed by atoms with Gasteiger partial charge >= 0.3 is 0 Å². The van der Waals surface area contributed by atoms with E-state index in [-0.39, 0.29) is 11.9 Å². The molecule has 1 aromatic carbocycles. The number of nitrogens with two attached hydrogens (primary N) is 1. The van der Waals surface area contributed by atoms with E-state index in [0.717, 1.165) is 71.0 Å². The van der Waals surface area contributed by atoms with Crippen molar-refractivity contribution in [1.82, 2.24) is 33.7 Å². The van der Waals surface area contributed by atoms with Gasteiger partial charge in [-0.25, -0.2) is 4.52 Å². The maximum Gasteiger partial charge on any atom is 0.255 e. The summed E-state index contributed by atoms with van der Waals surface area (Å²) in [5, 5.41) is 14.8. The van der Waals surface area contributed by atoms with Crippen molar-refractivity contribution in [2.75, 3.05) is 13.1 Å². The fourth-order valence-corrected chi connectivity index (χ4v) is 6.50. The van der Waals surface area contributed by atoms with Gasteiger partial charge in [-0.15, -0.1) is 10.2 Å². The molecule has 9 heteroatoms. The molecule has 9 nitrogen and oxygen atoms in total. The lowest BCUT2D eigenvalue weighted by Gasteiger charge is -2.30. The molecule has 1 amide bonds. The van der Waals surface area contributed by atoms with E-state index in [1.165, 1.54) is 23.7 Å². The summed E-state index contributed by atoms with van der Waals surface area (Å²) in [6.07, 6.45) is 8.36. The summed E-state index contributed by atoms with van der Waals surface area (Å²) in [6.45, 7) is 6.42. The summed E-state index contributed by atoms with van der Waals surface area (Å²) in [6, 6.07) is 17.2. The van der Waals surface area contributed by atoms with Crippen LogP contribution in [0.15, 0.2) is 60.9 Å². The second kappa shape index (κ2) is 9.52. The lowest BCUT2D eigenvalue weighted by molar-refractivity contribution is 0.0708. The first-order valence-corrected chi connectivity index (χ1v) is 14.9. The van der Waals surface area contributed by atoms with E-state index < -0.39 is 0 Å². The number of fused-ring (bicyclic) bond motifs is 3. The highest BCUT2D eigenvalue weighted by Gasteiger charge is 2.27. The fourth-order valence-electron chi connectivity index (χ4n) is 6.50. The number of rotatable bonds is 5. The van der Waals surface area contributed by atoms with Crippen LogP contribution < -0.4 is 5.73 Å². The van der Waals surface area contributed by atoms with Gasteiger partial charge in [0.1, 0.15) is 11.5 Å². The number of amides is 1. The molecule has 1 atom stereocenters. The molecule has 42 heavy (non-hydrogen) atoms. The van der Waals surface area contributed by atoms with Gasteiger partial charge in [-0.2, -0.15) is 5.10 Å². The van der Waals surface area contributed by atoms with E-state index in [2.05, 4.69) is 58.1 Å². The zero-order chi connectivity index (χ0) is 28.5. The van der Waals surface area contributed by atoms with Crippen molar-refractivity contribution in [1.29, 1.82) is 0 Å². The highest BCUT2D eigenvalue weighted by atomic mass is 16.2. The van der Waals surface area contributed by atoms with Crippen molar-refractivity contribution in [2.24, 2.45) is 11.7 Å². The zero-order valence-corrected chi connectivity index (χ0v) is 24.0. The summed E-state index contributed by atoms with van der Waals surface area (Å²) in [7, 11) is 0. The number of carbonyl (C=O) groups is 1. The second-order valence-corrected chi connectivity index (χ2v) is 12.1. The molecule has 0 spiro atoms. The number of aryl methyl sites for hydroxylation is 2. The zero-order valence-electron chi connectivity index (χ0n) is 24.0. The van der Waals surface area contributed by atoms with Crippen LogP contribution in [0.3, 0.4) is 0 Å². The molecule has 8 rings (SSSR count). The number of pyridine rings is 2. The Kier molecular flexibility index (Phi) is 5.72. The third kappa shape index (κ3) is 4.18. The maximum absolute atomic E-state index is 13.3. The molecule has 5 aromatic heterocycles. The van der Waals surface area contributed by atoms with Crippen molar-refractivity contribution < 1.29 is 4.79 Å². The molecule has 0 bridgehead atoms. The standard InChI is InChI=1S/C33H34N8O/c1-20-28-10-9-26(33(42)38-12-3-4-27(34)19-38)18-41(28)37-32(20)30-15-25-8-7-23(14-29(25)40(30)17-22-5-6-22)24-11-13-39-21(2)35-36-31(39)16-24/h7-11,13-16,18,22,27H,3-6,12,17,19,34H2,1-2H3. The van der Waals surface area contributed by atoms with Crippen molar-refractivity contribution in [3.05, 3.63) is 77.9 Å². The smallest absolute Gasteiger partial charge is 0.255 e. The molecule has 0 radical (unpaired) electrons. The highest BCUT2D eigenvalue weighted by Crippen LogP contribution is 2.38. The van der Waals surface area contributed by atoms with Crippen molar-refractivity contribution in [2.45, 2.75) is 52.1 Å². The minimum Gasteiger partial charge on any atom is -0.339 e. The SMILES string of the molecule is Cc1c(-c2cc3ccc(-c4ccn5c(C)nnc5c4)cc3n2CC2CC2)nn2cc(C(=O)N3CCCC(N)C3)ccc12. The normalized spacial score (nSPS) is 17.6. The molecule has 6 heterocycles. The van der Waals surface area contributed by atoms with Crippen LogP contribution in [0, 0.1) is 19.8 Å². The van der Waals surface area contributed by atoms with Crippen LogP contribution in [0.1, 0.15) is 47.4 Å². The Bertz CT molecular complexity index is 2010. The number of likely N-dealkylation sites (tertiary alicyclic amines) is 1. The monoisotopic (exact) mass is 558 g/mol. The minimum absolute atomic E-state index is 0.0246.